The molecule has 1 aliphatic rings. The number of hydrogen-bond acceptors (Lipinski definition) is 1. The van der Waals surface area contributed by atoms with Crippen LogP contribution in [-0.4, -0.2) is 42.1 Å². The fraction of sp³-hybridized carbons (Fsp3) is 0.308. The lowest BCUT2D eigenvalue weighted by molar-refractivity contribution is -0.544. The number of hydrogen-bond donors (Lipinski definition) is 1. The molecule has 0 saturated carbocycles. The zero-order valence-electron chi connectivity index (χ0n) is 9.15. The van der Waals surface area contributed by atoms with Gasteiger partial charge in [-0.3, -0.25) is 0 Å². The summed E-state index contributed by atoms with van der Waals surface area (Å²) >= 11 is 0. The van der Waals surface area contributed by atoms with E-state index in [4.69, 9.17) is 4.74 Å². The van der Waals surface area contributed by atoms with Crippen molar-refractivity contribution in [2.45, 2.75) is 0 Å². The molecular weight excluding hydrogens is 200 g/mol. The number of para-hydroxylation sites is 1. The summed E-state index contributed by atoms with van der Waals surface area (Å²) in [6.45, 7) is 3.64. The molecule has 16 heavy (non-hydrogen) atoms. The molecule has 1 saturated heterocycles. The highest BCUT2D eigenvalue weighted by Gasteiger charge is 2.12. The number of H-pyrrole nitrogens is 1. The van der Waals surface area contributed by atoms with Crippen molar-refractivity contribution in [1.82, 2.24) is 4.98 Å². The summed E-state index contributed by atoms with van der Waals surface area (Å²) in [5, 5.41) is 1.29. The Morgan fingerprint density at radius 2 is 2.00 bits per heavy atom. The van der Waals surface area contributed by atoms with E-state index in [9.17, 15) is 0 Å². The molecule has 1 fully saturated rings. The van der Waals surface area contributed by atoms with Crippen molar-refractivity contribution >= 4 is 17.1 Å². The number of morpholine rings is 1. The summed E-state index contributed by atoms with van der Waals surface area (Å²) < 4.78 is 7.66. The molecule has 0 spiro atoms. The minimum absolute atomic E-state index is 0.832. The number of aromatic nitrogens is 1. The predicted octanol–water partition coefficient (Wildman–Crippen LogP) is 1.63. The molecule has 0 radical (unpaired) electrons. The van der Waals surface area contributed by atoms with E-state index in [0.29, 0.717) is 0 Å². The number of nitrogens with zero attached hydrogens (tertiary/aromatic N) is 1. The second-order valence-corrected chi connectivity index (χ2v) is 4.07. The molecule has 2 aromatic rings. The van der Waals surface area contributed by atoms with Crippen LogP contribution < -0.4 is 0 Å². The molecule has 1 aliphatic heterocycles. The Labute approximate surface area is 94.4 Å². The van der Waals surface area contributed by atoms with Gasteiger partial charge in [-0.15, -0.1) is 0 Å². The van der Waals surface area contributed by atoms with Gasteiger partial charge in [0.1, 0.15) is 13.2 Å². The van der Waals surface area contributed by atoms with E-state index in [1.54, 1.807) is 0 Å². The average Bonchev–Trinajstić information content (AvgIpc) is 2.74. The standard InChI is InChI=1S/C13H14N2O/c1-2-4-13-12(3-1)11(9-14-13)10-15-5-7-16-8-6-15/h1-4,9-10H,5-8H2/p+1. The molecule has 3 nitrogen and oxygen atoms in total. The zero-order chi connectivity index (χ0) is 10.8. The molecule has 0 bridgehead atoms. The van der Waals surface area contributed by atoms with Gasteiger partial charge in [-0.05, 0) is 6.07 Å². The van der Waals surface area contributed by atoms with Crippen molar-refractivity contribution in [3.05, 3.63) is 36.0 Å². The van der Waals surface area contributed by atoms with Gasteiger partial charge in [-0.2, -0.15) is 0 Å². The Morgan fingerprint density at radius 3 is 2.88 bits per heavy atom. The van der Waals surface area contributed by atoms with Crippen LogP contribution in [-0.2, 0) is 4.74 Å². The number of benzene rings is 1. The molecule has 3 heteroatoms. The smallest absolute Gasteiger partial charge is 0.173 e. The maximum atomic E-state index is 5.34. The largest absolute Gasteiger partial charge is 0.368 e. The first-order chi connectivity index (χ1) is 7.93. The van der Waals surface area contributed by atoms with Gasteiger partial charge in [0.2, 0.25) is 0 Å². The second-order valence-electron chi connectivity index (χ2n) is 4.07. The van der Waals surface area contributed by atoms with E-state index in [1.165, 1.54) is 16.5 Å². The van der Waals surface area contributed by atoms with Crippen molar-refractivity contribution in [2.24, 2.45) is 0 Å². The second kappa shape index (κ2) is 4.10. The molecule has 0 atom stereocenters. The Balaban J connectivity index is 1.99. The predicted molar refractivity (Wildman–Crippen MR) is 64.3 cm³/mol. The third-order valence-corrected chi connectivity index (χ3v) is 2.99. The lowest BCUT2D eigenvalue weighted by Gasteiger charge is -2.09. The van der Waals surface area contributed by atoms with E-state index in [-0.39, 0.29) is 0 Å². The van der Waals surface area contributed by atoms with Crippen LogP contribution in [0, 0.1) is 0 Å². The van der Waals surface area contributed by atoms with Crippen LogP contribution in [0.1, 0.15) is 5.56 Å². The van der Waals surface area contributed by atoms with Crippen LogP contribution in [0.2, 0.25) is 0 Å². The zero-order valence-corrected chi connectivity index (χ0v) is 9.15. The van der Waals surface area contributed by atoms with E-state index in [0.717, 1.165) is 26.3 Å². The first kappa shape index (κ1) is 9.60. The number of fused-ring (bicyclic) bond motifs is 1. The van der Waals surface area contributed by atoms with Gasteiger partial charge in [0.05, 0.1) is 5.56 Å². The molecule has 3 rings (SSSR count). The lowest BCUT2D eigenvalue weighted by Crippen LogP contribution is -2.29. The van der Waals surface area contributed by atoms with E-state index in [1.807, 2.05) is 0 Å². The van der Waals surface area contributed by atoms with Crippen LogP contribution in [0.3, 0.4) is 0 Å². The van der Waals surface area contributed by atoms with Crippen LogP contribution in [0.5, 0.6) is 0 Å². The number of rotatable bonds is 1. The first-order valence-electron chi connectivity index (χ1n) is 5.66. The van der Waals surface area contributed by atoms with Gasteiger partial charge in [0.25, 0.3) is 0 Å². The molecule has 1 N–H and O–H groups in total. The van der Waals surface area contributed by atoms with Crippen molar-refractivity contribution in [3.63, 3.8) is 0 Å². The van der Waals surface area contributed by atoms with Gasteiger partial charge >= 0.3 is 0 Å². The summed E-state index contributed by atoms with van der Waals surface area (Å²) in [5.74, 6) is 0. The minimum Gasteiger partial charge on any atom is -0.368 e. The summed E-state index contributed by atoms with van der Waals surface area (Å²) in [5.41, 5.74) is 2.46. The molecular formula is C13H15N2O+. The van der Waals surface area contributed by atoms with Gasteiger partial charge < -0.3 is 9.72 Å². The Morgan fingerprint density at radius 1 is 1.19 bits per heavy atom. The van der Waals surface area contributed by atoms with Crippen LogP contribution >= 0.6 is 0 Å². The molecule has 0 amide bonds. The highest BCUT2D eigenvalue weighted by atomic mass is 16.5. The molecule has 82 valence electrons. The fourth-order valence-electron chi connectivity index (χ4n) is 2.10. The molecule has 0 unspecified atom stereocenters. The molecule has 0 aliphatic carbocycles. The summed E-state index contributed by atoms with van der Waals surface area (Å²) in [6, 6.07) is 8.38. The Hall–Kier alpha value is -1.61. The van der Waals surface area contributed by atoms with Crippen molar-refractivity contribution in [1.29, 1.82) is 0 Å². The van der Waals surface area contributed by atoms with Gasteiger partial charge in [-0.1, -0.05) is 18.2 Å². The van der Waals surface area contributed by atoms with Gasteiger partial charge in [0.15, 0.2) is 19.3 Å². The first-order valence-corrected chi connectivity index (χ1v) is 5.66. The van der Waals surface area contributed by atoms with Gasteiger partial charge in [0, 0.05) is 17.1 Å². The third kappa shape index (κ3) is 1.74. The number of nitrogens with one attached hydrogen (secondary N) is 1. The van der Waals surface area contributed by atoms with Crippen LogP contribution in [0.15, 0.2) is 30.5 Å². The fourth-order valence-corrected chi connectivity index (χ4v) is 2.10. The topological polar surface area (TPSA) is 28.0 Å². The maximum Gasteiger partial charge on any atom is 0.173 e. The quantitative estimate of drug-likeness (QED) is 0.719. The van der Waals surface area contributed by atoms with Crippen LogP contribution in [0.25, 0.3) is 10.9 Å². The van der Waals surface area contributed by atoms with Crippen molar-refractivity contribution in [3.8, 4) is 0 Å². The summed E-state index contributed by atoms with van der Waals surface area (Å²) in [4.78, 5) is 3.29. The normalized spacial score (nSPS) is 16.6. The Kier molecular flexibility index (Phi) is 2.46. The Bertz CT molecular complexity index is 519. The van der Waals surface area contributed by atoms with E-state index >= 15 is 0 Å². The van der Waals surface area contributed by atoms with Crippen molar-refractivity contribution in [2.75, 3.05) is 26.3 Å². The maximum absolute atomic E-state index is 5.34. The third-order valence-electron chi connectivity index (χ3n) is 2.99. The van der Waals surface area contributed by atoms with Gasteiger partial charge in [-0.25, -0.2) is 4.58 Å². The number of ether oxygens (including phenoxy) is 1. The monoisotopic (exact) mass is 215 g/mol. The summed E-state index contributed by atoms with van der Waals surface area (Å²) in [7, 11) is 0. The highest BCUT2D eigenvalue weighted by Crippen LogP contribution is 2.15. The lowest BCUT2D eigenvalue weighted by atomic mass is 10.2. The van der Waals surface area contributed by atoms with Crippen molar-refractivity contribution < 1.29 is 9.31 Å². The summed E-state index contributed by atoms with van der Waals surface area (Å²) in [6.07, 6.45) is 4.29. The SMILES string of the molecule is C(c1c[nH]c2ccccc12)=[N+]1CCOCC1. The molecule has 1 aromatic heterocycles. The highest BCUT2D eigenvalue weighted by molar-refractivity contribution is 5.97. The number of aromatic amines is 1. The van der Waals surface area contributed by atoms with Crippen LogP contribution in [0.4, 0.5) is 0 Å². The van der Waals surface area contributed by atoms with E-state index < -0.39 is 0 Å². The average molecular weight is 215 g/mol. The molecule has 2 heterocycles. The molecule has 1 aromatic carbocycles. The minimum atomic E-state index is 0.832. The van der Waals surface area contributed by atoms with E-state index in [2.05, 4.69) is 46.2 Å².